The monoisotopic (exact) mass is 487 g/mol. The lowest BCUT2D eigenvalue weighted by Crippen LogP contribution is -2.17. The van der Waals surface area contributed by atoms with E-state index in [2.05, 4.69) is 14.8 Å². The number of hydrogen-bond acceptors (Lipinski definition) is 5. The molecule has 0 unspecified atom stereocenters. The highest BCUT2D eigenvalue weighted by Crippen LogP contribution is 2.24. The number of carbonyl (C=O) groups is 1. The normalized spacial score (nSPS) is 11.6. The van der Waals surface area contributed by atoms with E-state index in [1.807, 2.05) is 13.0 Å². The van der Waals surface area contributed by atoms with Crippen LogP contribution in [-0.4, -0.2) is 29.0 Å². The van der Waals surface area contributed by atoms with E-state index in [9.17, 15) is 21.6 Å². The largest absolute Gasteiger partial charge is 0.322 e. The molecule has 3 rings (SSSR count). The van der Waals surface area contributed by atoms with Crippen LogP contribution in [0.2, 0.25) is 0 Å². The van der Waals surface area contributed by atoms with Gasteiger partial charge in [-0.3, -0.25) is 14.2 Å². The summed E-state index contributed by atoms with van der Waals surface area (Å²) in [5, 5.41) is 2.70. The molecule has 1 amide bonds. The summed E-state index contributed by atoms with van der Waals surface area (Å²) in [6.07, 6.45) is 1.04. The van der Waals surface area contributed by atoms with Gasteiger partial charge in [-0.1, -0.05) is 24.3 Å². The Bertz CT molecular complexity index is 1430. The summed E-state index contributed by atoms with van der Waals surface area (Å²) in [7, 11) is -7.41. The molecule has 174 valence electrons. The number of sulfonamides is 2. The number of nitrogens with one attached hydrogen (secondary N) is 3. The van der Waals surface area contributed by atoms with Crippen molar-refractivity contribution in [2.45, 2.75) is 25.7 Å². The lowest BCUT2D eigenvalue weighted by molar-refractivity contribution is 0.102. The zero-order chi connectivity index (χ0) is 24.4. The first-order valence-electron chi connectivity index (χ1n) is 9.94. The van der Waals surface area contributed by atoms with Crippen LogP contribution in [0.15, 0.2) is 65.6 Å². The van der Waals surface area contributed by atoms with Crippen LogP contribution in [0.4, 0.5) is 17.1 Å². The third kappa shape index (κ3) is 6.33. The van der Waals surface area contributed by atoms with Crippen molar-refractivity contribution in [1.29, 1.82) is 0 Å². The van der Waals surface area contributed by atoms with Gasteiger partial charge in [0.05, 0.1) is 16.8 Å². The Morgan fingerprint density at radius 2 is 1.45 bits per heavy atom. The number of hydrogen-bond donors (Lipinski definition) is 3. The van der Waals surface area contributed by atoms with E-state index in [4.69, 9.17) is 0 Å². The van der Waals surface area contributed by atoms with E-state index in [1.54, 1.807) is 50.2 Å². The van der Waals surface area contributed by atoms with Gasteiger partial charge in [0.1, 0.15) is 0 Å². The molecule has 0 aromatic heterocycles. The van der Waals surface area contributed by atoms with Crippen molar-refractivity contribution < 1.29 is 21.6 Å². The van der Waals surface area contributed by atoms with E-state index in [1.165, 1.54) is 18.2 Å². The molecule has 0 radical (unpaired) electrons. The molecule has 3 aromatic rings. The van der Waals surface area contributed by atoms with Gasteiger partial charge in [-0.15, -0.1) is 0 Å². The molecule has 0 fully saturated rings. The molecule has 8 nitrogen and oxygen atoms in total. The molecule has 0 atom stereocenters. The van der Waals surface area contributed by atoms with Crippen molar-refractivity contribution in [1.82, 2.24) is 0 Å². The third-order valence-corrected chi connectivity index (χ3v) is 6.79. The van der Waals surface area contributed by atoms with Gasteiger partial charge in [-0.05, 0) is 73.9 Å². The standard InChI is InChI=1S/C23H25N3O5S2/c1-15-6-5-7-19(12-15)25-33(30,31)20-11-9-16(2)21(14-20)23(27)24-18-10-8-17(3)22(13-18)26-32(4,28)29/h5-14,25-26H,1-4H3,(H,24,27). The SMILES string of the molecule is Cc1cccc(NS(=O)(=O)c2ccc(C)c(C(=O)Nc3ccc(C)c(NS(C)(=O)=O)c3)c2)c1. The highest BCUT2D eigenvalue weighted by atomic mass is 32.2. The zero-order valence-corrected chi connectivity index (χ0v) is 20.3. The Balaban J connectivity index is 1.88. The van der Waals surface area contributed by atoms with Crippen LogP contribution in [0.5, 0.6) is 0 Å². The molecule has 10 heteroatoms. The molecule has 3 aromatic carbocycles. The Kier molecular flexibility index (Phi) is 6.80. The van der Waals surface area contributed by atoms with Crippen molar-refractivity contribution in [2.24, 2.45) is 0 Å². The van der Waals surface area contributed by atoms with E-state index in [-0.39, 0.29) is 10.5 Å². The summed E-state index contributed by atoms with van der Waals surface area (Å²) in [5.41, 5.74) is 3.48. The van der Waals surface area contributed by atoms with Crippen LogP contribution in [0.1, 0.15) is 27.0 Å². The van der Waals surface area contributed by atoms with E-state index >= 15 is 0 Å². The molecule has 0 aliphatic rings. The topological polar surface area (TPSA) is 121 Å². The van der Waals surface area contributed by atoms with Gasteiger partial charge in [-0.2, -0.15) is 0 Å². The summed E-state index contributed by atoms with van der Waals surface area (Å²) < 4.78 is 53.8. The summed E-state index contributed by atoms with van der Waals surface area (Å²) in [5.74, 6) is -0.519. The van der Waals surface area contributed by atoms with Crippen molar-refractivity contribution in [3.05, 3.63) is 82.9 Å². The van der Waals surface area contributed by atoms with Gasteiger partial charge in [0.2, 0.25) is 10.0 Å². The molecule has 33 heavy (non-hydrogen) atoms. The summed E-state index contributed by atoms with van der Waals surface area (Å²) in [6.45, 7) is 5.29. The fraction of sp³-hybridized carbons (Fsp3) is 0.174. The van der Waals surface area contributed by atoms with E-state index in [0.717, 1.165) is 11.8 Å². The molecular weight excluding hydrogens is 462 g/mol. The minimum Gasteiger partial charge on any atom is -0.322 e. The summed E-state index contributed by atoms with van der Waals surface area (Å²) >= 11 is 0. The number of carbonyl (C=O) groups excluding carboxylic acids is 1. The Morgan fingerprint density at radius 1 is 0.758 bits per heavy atom. The number of aryl methyl sites for hydroxylation is 3. The molecule has 0 saturated carbocycles. The van der Waals surface area contributed by atoms with Crippen LogP contribution < -0.4 is 14.8 Å². The average molecular weight is 488 g/mol. The van der Waals surface area contributed by atoms with E-state index < -0.39 is 26.0 Å². The quantitative estimate of drug-likeness (QED) is 0.464. The van der Waals surface area contributed by atoms with Gasteiger partial charge >= 0.3 is 0 Å². The van der Waals surface area contributed by atoms with Gasteiger partial charge in [0.15, 0.2) is 0 Å². The Labute approximate surface area is 194 Å². The lowest BCUT2D eigenvalue weighted by atomic mass is 10.1. The maximum atomic E-state index is 12.9. The first kappa shape index (κ1) is 24.3. The maximum absolute atomic E-state index is 12.9. The minimum absolute atomic E-state index is 0.0527. The smallest absolute Gasteiger partial charge is 0.261 e. The molecule has 0 saturated heterocycles. The van der Waals surface area contributed by atoms with Crippen molar-refractivity contribution >= 4 is 43.0 Å². The first-order valence-corrected chi connectivity index (χ1v) is 13.3. The van der Waals surface area contributed by atoms with Crippen molar-refractivity contribution in [3.8, 4) is 0 Å². The van der Waals surface area contributed by atoms with Crippen LogP contribution in [0, 0.1) is 20.8 Å². The molecule has 0 aliphatic carbocycles. The highest BCUT2D eigenvalue weighted by molar-refractivity contribution is 7.92. The van der Waals surface area contributed by atoms with Crippen molar-refractivity contribution in [3.63, 3.8) is 0 Å². The Morgan fingerprint density at radius 3 is 2.12 bits per heavy atom. The van der Waals surface area contributed by atoms with E-state index in [0.29, 0.717) is 28.2 Å². The van der Waals surface area contributed by atoms with Crippen LogP contribution in [0.25, 0.3) is 0 Å². The third-order valence-electron chi connectivity index (χ3n) is 4.83. The second-order valence-electron chi connectivity index (χ2n) is 7.81. The maximum Gasteiger partial charge on any atom is 0.261 e. The number of anilines is 3. The van der Waals surface area contributed by atoms with Crippen LogP contribution >= 0.6 is 0 Å². The van der Waals surface area contributed by atoms with Gasteiger partial charge in [-0.25, -0.2) is 16.8 Å². The molecule has 0 spiro atoms. The number of rotatable bonds is 7. The van der Waals surface area contributed by atoms with Gasteiger partial charge < -0.3 is 5.32 Å². The van der Waals surface area contributed by atoms with Gasteiger partial charge in [0, 0.05) is 16.9 Å². The molecule has 0 aliphatic heterocycles. The predicted molar refractivity (Wildman–Crippen MR) is 131 cm³/mol. The number of benzene rings is 3. The molecule has 0 bridgehead atoms. The highest BCUT2D eigenvalue weighted by Gasteiger charge is 2.19. The molecule has 0 heterocycles. The fourth-order valence-corrected chi connectivity index (χ4v) is 4.84. The predicted octanol–water partition coefficient (Wildman–Crippen LogP) is 4.04. The first-order chi connectivity index (χ1) is 15.3. The van der Waals surface area contributed by atoms with Crippen LogP contribution in [0.3, 0.4) is 0 Å². The average Bonchev–Trinajstić information content (AvgIpc) is 2.69. The summed E-state index contributed by atoms with van der Waals surface area (Å²) in [4.78, 5) is 12.9. The van der Waals surface area contributed by atoms with Crippen molar-refractivity contribution in [2.75, 3.05) is 21.0 Å². The number of amides is 1. The minimum atomic E-state index is -3.92. The second-order valence-corrected chi connectivity index (χ2v) is 11.2. The lowest BCUT2D eigenvalue weighted by Gasteiger charge is -2.13. The van der Waals surface area contributed by atoms with Gasteiger partial charge in [0.25, 0.3) is 15.9 Å². The van der Waals surface area contributed by atoms with Crippen LogP contribution in [-0.2, 0) is 20.0 Å². The summed E-state index contributed by atoms with van der Waals surface area (Å²) in [6, 6.07) is 16.1. The molecule has 3 N–H and O–H groups in total. The molecular formula is C23H25N3O5S2. The zero-order valence-electron chi connectivity index (χ0n) is 18.6. The fourth-order valence-electron chi connectivity index (χ4n) is 3.14. The Hall–Kier alpha value is -3.37. The second kappa shape index (κ2) is 9.24.